The number of anilines is 1. The molecule has 0 radical (unpaired) electrons. The molecule has 0 saturated heterocycles. The van der Waals surface area contributed by atoms with Crippen LogP contribution in [0.25, 0.3) is 22.1 Å². The maximum atomic E-state index is 10.2. The third-order valence-electron chi connectivity index (χ3n) is 5.97. The first-order valence-corrected chi connectivity index (χ1v) is 10.6. The van der Waals surface area contributed by atoms with E-state index in [0.29, 0.717) is 29.6 Å². The summed E-state index contributed by atoms with van der Waals surface area (Å²) >= 11 is 0. The van der Waals surface area contributed by atoms with Crippen molar-refractivity contribution in [2.24, 2.45) is 0 Å². The molecule has 4 aromatic rings. The summed E-state index contributed by atoms with van der Waals surface area (Å²) in [5.74, 6) is 1.33. The normalized spacial score (nSPS) is 19.1. The minimum Gasteiger partial charge on any atom is -0.493 e. The fraction of sp³-hybridized carbons (Fsp3) is 0.391. The van der Waals surface area contributed by atoms with Crippen molar-refractivity contribution >= 4 is 28.1 Å². The first kappa shape index (κ1) is 19.7. The molecule has 8 nitrogen and oxygen atoms in total. The average Bonchev–Trinajstić information content (AvgIpc) is 3.37. The van der Waals surface area contributed by atoms with E-state index in [1.165, 1.54) is 0 Å². The van der Waals surface area contributed by atoms with Gasteiger partial charge in [-0.3, -0.25) is 0 Å². The monoisotopic (exact) mass is 422 g/mol. The SMILES string of the molecule is COc1cc2ncn(Cc3ccc4nc(NC5CCCCC5O)oc4c3)c2cc1OC. The molecule has 1 aliphatic carbocycles. The van der Waals surface area contributed by atoms with Gasteiger partial charge in [0.25, 0.3) is 6.01 Å². The Kier molecular flexibility index (Phi) is 5.15. The number of aromatic nitrogens is 3. The van der Waals surface area contributed by atoms with Crippen LogP contribution in [0.2, 0.25) is 0 Å². The molecule has 2 aromatic heterocycles. The number of ether oxygens (including phenoxy) is 2. The Labute approximate surface area is 179 Å². The van der Waals surface area contributed by atoms with E-state index < -0.39 is 0 Å². The lowest BCUT2D eigenvalue weighted by Gasteiger charge is -2.27. The molecule has 2 N–H and O–H groups in total. The Morgan fingerprint density at radius 2 is 1.90 bits per heavy atom. The minimum atomic E-state index is -0.357. The lowest BCUT2D eigenvalue weighted by Crippen LogP contribution is -2.36. The predicted molar refractivity (Wildman–Crippen MR) is 118 cm³/mol. The van der Waals surface area contributed by atoms with Gasteiger partial charge >= 0.3 is 0 Å². The van der Waals surface area contributed by atoms with E-state index in [0.717, 1.165) is 47.8 Å². The number of imidazole rings is 1. The Hall–Kier alpha value is -3.26. The van der Waals surface area contributed by atoms with Crippen molar-refractivity contribution in [3.63, 3.8) is 0 Å². The van der Waals surface area contributed by atoms with Gasteiger partial charge in [-0.2, -0.15) is 4.98 Å². The molecule has 0 amide bonds. The number of rotatable bonds is 6. The number of nitrogens with one attached hydrogen (secondary N) is 1. The second-order valence-electron chi connectivity index (χ2n) is 7.99. The predicted octanol–water partition coefficient (Wildman–Crippen LogP) is 3.96. The largest absolute Gasteiger partial charge is 0.493 e. The Balaban J connectivity index is 1.39. The second kappa shape index (κ2) is 8.11. The summed E-state index contributed by atoms with van der Waals surface area (Å²) in [6.45, 7) is 0.632. The zero-order chi connectivity index (χ0) is 21.4. The van der Waals surface area contributed by atoms with Crippen LogP contribution in [0, 0.1) is 0 Å². The van der Waals surface area contributed by atoms with Gasteiger partial charge in [-0.15, -0.1) is 0 Å². The molecule has 1 saturated carbocycles. The number of fused-ring (bicyclic) bond motifs is 2. The van der Waals surface area contributed by atoms with Crippen LogP contribution in [-0.4, -0.2) is 46.0 Å². The van der Waals surface area contributed by atoms with Crippen molar-refractivity contribution in [1.82, 2.24) is 14.5 Å². The summed E-state index contributed by atoms with van der Waals surface area (Å²) in [6, 6.07) is 10.3. The first-order chi connectivity index (χ1) is 15.1. The van der Waals surface area contributed by atoms with Crippen molar-refractivity contribution < 1.29 is 19.0 Å². The van der Waals surface area contributed by atoms with Crippen LogP contribution in [0.15, 0.2) is 41.1 Å². The number of methoxy groups -OCH3 is 2. The van der Waals surface area contributed by atoms with E-state index in [-0.39, 0.29) is 12.1 Å². The Morgan fingerprint density at radius 1 is 1.10 bits per heavy atom. The zero-order valence-electron chi connectivity index (χ0n) is 17.7. The molecule has 162 valence electrons. The van der Waals surface area contributed by atoms with Gasteiger partial charge in [-0.05, 0) is 30.5 Å². The minimum absolute atomic E-state index is 0.00873. The molecular formula is C23H26N4O4. The fourth-order valence-corrected chi connectivity index (χ4v) is 4.28. The van der Waals surface area contributed by atoms with Crippen LogP contribution in [0.1, 0.15) is 31.2 Å². The quantitative estimate of drug-likeness (QED) is 0.486. The molecule has 0 bridgehead atoms. The maximum absolute atomic E-state index is 10.2. The van der Waals surface area contributed by atoms with Gasteiger partial charge in [0.15, 0.2) is 17.1 Å². The molecule has 2 heterocycles. The van der Waals surface area contributed by atoms with E-state index in [1.807, 2.05) is 36.7 Å². The Morgan fingerprint density at radius 3 is 2.71 bits per heavy atom. The number of oxazole rings is 1. The van der Waals surface area contributed by atoms with Crippen LogP contribution in [-0.2, 0) is 6.54 Å². The zero-order valence-corrected chi connectivity index (χ0v) is 17.7. The molecule has 1 fully saturated rings. The van der Waals surface area contributed by atoms with Crippen LogP contribution >= 0.6 is 0 Å². The molecule has 2 atom stereocenters. The highest BCUT2D eigenvalue weighted by Crippen LogP contribution is 2.32. The van der Waals surface area contributed by atoms with E-state index in [9.17, 15) is 5.11 Å². The molecule has 0 aliphatic heterocycles. The van der Waals surface area contributed by atoms with Gasteiger partial charge in [-0.1, -0.05) is 18.9 Å². The number of benzene rings is 2. The number of hydrogen-bond acceptors (Lipinski definition) is 7. The van der Waals surface area contributed by atoms with E-state index >= 15 is 0 Å². The lowest BCUT2D eigenvalue weighted by molar-refractivity contribution is 0.115. The maximum Gasteiger partial charge on any atom is 0.295 e. The number of aliphatic hydroxyl groups excluding tert-OH is 1. The third-order valence-corrected chi connectivity index (χ3v) is 5.97. The van der Waals surface area contributed by atoms with E-state index in [4.69, 9.17) is 13.9 Å². The summed E-state index contributed by atoms with van der Waals surface area (Å²) in [6.07, 6.45) is 5.37. The third kappa shape index (κ3) is 3.79. The van der Waals surface area contributed by atoms with Crippen molar-refractivity contribution in [3.8, 4) is 11.5 Å². The van der Waals surface area contributed by atoms with Gasteiger partial charge in [0.05, 0.1) is 43.7 Å². The van der Waals surface area contributed by atoms with Gasteiger partial charge in [0.2, 0.25) is 0 Å². The van der Waals surface area contributed by atoms with Crippen LogP contribution in [0.4, 0.5) is 6.01 Å². The van der Waals surface area contributed by atoms with Gasteiger partial charge in [-0.25, -0.2) is 4.98 Å². The van der Waals surface area contributed by atoms with Gasteiger partial charge in [0, 0.05) is 18.7 Å². The summed E-state index contributed by atoms with van der Waals surface area (Å²) < 4.78 is 18.8. The molecule has 8 heteroatoms. The molecular weight excluding hydrogens is 396 g/mol. The highest BCUT2D eigenvalue weighted by molar-refractivity contribution is 5.80. The van der Waals surface area contributed by atoms with E-state index in [2.05, 4.69) is 19.9 Å². The smallest absolute Gasteiger partial charge is 0.295 e. The van der Waals surface area contributed by atoms with E-state index in [1.54, 1.807) is 14.2 Å². The average molecular weight is 422 g/mol. The number of nitrogens with zero attached hydrogens (tertiary/aromatic N) is 3. The van der Waals surface area contributed by atoms with Crippen LogP contribution in [0.3, 0.4) is 0 Å². The summed E-state index contributed by atoms with van der Waals surface area (Å²) in [4.78, 5) is 9.03. The fourth-order valence-electron chi connectivity index (χ4n) is 4.28. The molecule has 2 aromatic carbocycles. The lowest BCUT2D eigenvalue weighted by atomic mass is 9.93. The van der Waals surface area contributed by atoms with Crippen molar-refractivity contribution in [3.05, 3.63) is 42.2 Å². The standard InChI is InChI=1S/C23H26N4O4/c1-29-21-10-17-18(11-22(21)30-2)27(13-24-17)12-14-7-8-16-20(9-14)31-23(26-16)25-15-5-3-4-6-19(15)28/h7-11,13,15,19,28H,3-6,12H2,1-2H3,(H,25,26). The van der Waals surface area contributed by atoms with Gasteiger partial charge < -0.3 is 28.9 Å². The number of aliphatic hydroxyl groups is 1. The topological polar surface area (TPSA) is 94.6 Å². The second-order valence-corrected chi connectivity index (χ2v) is 7.99. The molecule has 31 heavy (non-hydrogen) atoms. The van der Waals surface area contributed by atoms with Crippen molar-refractivity contribution in [1.29, 1.82) is 0 Å². The summed E-state index contributed by atoms with van der Waals surface area (Å²) in [5, 5.41) is 13.5. The highest BCUT2D eigenvalue weighted by atomic mass is 16.5. The van der Waals surface area contributed by atoms with Gasteiger partial charge in [0.1, 0.15) is 5.52 Å². The highest BCUT2D eigenvalue weighted by Gasteiger charge is 2.24. The number of hydrogen-bond donors (Lipinski definition) is 2. The van der Waals surface area contributed by atoms with Crippen molar-refractivity contribution in [2.45, 2.75) is 44.4 Å². The molecule has 0 spiro atoms. The van der Waals surface area contributed by atoms with Crippen LogP contribution in [0.5, 0.6) is 11.5 Å². The molecule has 5 rings (SSSR count). The Bertz CT molecular complexity index is 1220. The molecule has 2 unspecified atom stereocenters. The summed E-state index contributed by atoms with van der Waals surface area (Å²) in [5.41, 5.74) is 4.38. The summed E-state index contributed by atoms with van der Waals surface area (Å²) in [7, 11) is 3.24. The molecule has 1 aliphatic rings. The first-order valence-electron chi connectivity index (χ1n) is 10.6. The van der Waals surface area contributed by atoms with Crippen molar-refractivity contribution in [2.75, 3.05) is 19.5 Å². The van der Waals surface area contributed by atoms with Crippen LogP contribution < -0.4 is 14.8 Å².